The van der Waals surface area contributed by atoms with Crippen molar-refractivity contribution in [2.45, 2.75) is 26.8 Å². The fraction of sp³-hybridized carbons (Fsp3) is 0.385. The molecule has 0 bridgehead atoms. The molecule has 0 radical (unpaired) electrons. The molecule has 1 unspecified atom stereocenters. The molecule has 3 aromatic rings. The quantitative estimate of drug-likeness (QED) is 0.501. The highest BCUT2D eigenvalue weighted by Crippen LogP contribution is 2.20. The van der Waals surface area contributed by atoms with Crippen LogP contribution < -0.4 is 11.1 Å². The third-order valence-electron chi connectivity index (χ3n) is 6.42. The van der Waals surface area contributed by atoms with E-state index < -0.39 is 24.4 Å². The Morgan fingerprint density at radius 2 is 1.67 bits per heavy atom. The van der Waals surface area contributed by atoms with Gasteiger partial charge >= 0.3 is 11.7 Å². The molecule has 0 spiro atoms. The predicted octanol–water partition coefficient (Wildman–Crippen LogP) is 2.10. The molecule has 10 heteroatoms. The van der Waals surface area contributed by atoms with Gasteiger partial charge in [0.05, 0.1) is 12.1 Å². The molecule has 36 heavy (non-hydrogen) atoms. The van der Waals surface area contributed by atoms with Crippen molar-refractivity contribution in [1.29, 1.82) is 0 Å². The summed E-state index contributed by atoms with van der Waals surface area (Å²) in [6, 6.07) is 11.7. The zero-order valence-corrected chi connectivity index (χ0v) is 20.7. The molecule has 10 nitrogen and oxygen atoms in total. The van der Waals surface area contributed by atoms with Crippen molar-refractivity contribution in [3.63, 3.8) is 0 Å². The highest BCUT2D eigenvalue weighted by molar-refractivity contribution is 5.93. The first-order valence-electron chi connectivity index (χ1n) is 11.9. The summed E-state index contributed by atoms with van der Waals surface area (Å²) in [6.07, 6.45) is 0. The summed E-state index contributed by atoms with van der Waals surface area (Å²) in [6.45, 7) is 7.17. The Balaban J connectivity index is 1.24. The molecule has 0 aliphatic carbocycles. The van der Waals surface area contributed by atoms with E-state index in [1.54, 1.807) is 29.2 Å². The third kappa shape index (κ3) is 5.49. The van der Waals surface area contributed by atoms with Crippen LogP contribution in [0.5, 0.6) is 0 Å². The van der Waals surface area contributed by atoms with Crippen molar-refractivity contribution in [1.82, 2.24) is 14.4 Å². The van der Waals surface area contributed by atoms with E-state index in [0.29, 0.717) is 37.3 Å². The van der Waals surface area contributed by atoms with Gasteiger partial charge in [0.15, 0.2) is 12.2 Å². The number of nitrogens with zero attached hydrogens (tertiary/aromatic N) is 3. The van der Waals surface area contributed by atoms with E-state index in [2.05, 4.69) is 5.32 Å². The number of anilines is 1. The van der Waals surface area contributed by atoms with Gasteiger partial charge in [0, 0.05) is 31.9 Å². The number of ether oxygens (including phenoxy) is 1. The average molecular weight is 495 g/mol. The average Bonchev–Trinajstić information content (AvgIpc) is 3.20. The number of amides is 2. The SMILES string of the molecule is Cc1cccc(C)c1NC(=O)CN1CCN(C(=O)COC(=O)C(C)n2c(=O)oc3ccccc32)CC1. The normalized spacial score (nSPS) is 15.0. The van der Waals surface area contributed by atoms with E-state index in [9.17, 15) is 19.2 Å². The largest absolute Gasteiger partial charge is 0.454 e. The van der Waals surface area contributed by atoms with E-state index in [-0.39, 0.29) is 18.4 Å². The molecule has 1 atom stereocenters. The van der Waals surface area contributed by atoms with Crippen LogP contribution in [0.15, 0.2) is 51.7 Å². The molecule has 1 saturated heterocycles. The van der Waals surface area contributed by atoms with Crippen molar-refractivity contribution in [2.24, 2.45) is 0 Å². The zero-order chi connectivity index (χ0) is 25.8. The molecular formula is C26H30N4O6. The second-order valence-electron chi connectivity index (χ2n) is 8.96. The topological polar surface area (TPSA) is 114 Å². The van der Waals surface area contributed by atoms with Gasteiger partial charge in [-0.05, 0) is 44.0 Å². The lowest BCUT2D eigenvalue weighted by atomic mass is 10.1. The van der Waals surface area contributed by atoms with Gasteiger partial charge in [0.2, 0.25) is 5.91 Å². The maximum absolute atomic E-state index is 12.6. The summed E-state index contributed by atoms with van der Waals surface area (Å²) in [5, 5.41) is 2.98. The number of carbonyl (C=O) groups excluding carboxylic acids is 3. The number of aromatic nitrogens is 1. The predicted molar refractivity (Wildman–Crippen MR) is 134 cm³/mol. The smallest absolute Gasteiger partial charge is 0.420 e. The lowest BCUT2D eigenvalue weighted by Gasteiger charge is -2.34. The standard InChI is InChI=1S/C26H30N4O6/c1-17-7-6-8-18(2)24(17)27-22(31)15-28-11-13-29(14-12-28)23(32)16-35-25(33)19(3)30-20-9-4-5-10-21(20)36-26(30)34/h4-10,19H,11-16H2,1-3H3,(H,27,31). The summed E-state index contributed by atoms with van der Waals surface area (Å²) < 4.78 is 11.6. The van der Waals surface area contributed by atoms with E-state index in [1.807, 2.05) is 36.9 Å². The number of hydrogen-bond donors (Lipinski definition) is 1. The van der Waals surface area contributed by atoms with Crippen LogP contribution in [0.3, 0.4) is 0 Å². The monoisotopic (exact) mass is 494 g/mol. The zero-order valence-electron chi connectivity index (χ0n) is 20.7. The Kier molecular flexibility index (Phi) is 7.54. The third-order valence-corrected chi connectivity index (χ3v) is 6.42. The molecule has 1 aromatic heterocycles. The van der Waals surface area contributed by atoms with Crippen LogP contribution in [0.1, 0.15) is 24.1 Å². The second-order valence-corrected chi connectivity index (χ2v) is 8.96. The second kappa shape index (κ2) is 10.8. The van der Waals surface area contributed by atoms with Gasteiger partial charge < -0.3 is 19.4 Å². The molecular weight excluding hydrogens is 464 g/mol. The Morgan fingerprint density at radius 3 is 2.36 bits per heavy atom. The van der Waals surface area contributed by atoms with Crippen molar-refractivity contribution >= 4 is 34.6 Å². The number of benzene rings is 2. The maximum atomic E-state index is 12.6. The molecule has 190 valence electrons. The maximum Gasteiger partial charge on any atom is 0.420 e. The number of esters is 1. The molecule has 1 aliphatic rings. The van der Waals surface area contributed by atoms with Gasteiger partial charge in [-0.3, -0.25) is 19.1 Å². The van der Waals surface area contributed by atoms with E-state index in [1.165, 1.54) is 11.5 Å². The van der Waals surface area contributed by atoms with Gasteiger partial charge in [0.25, 0.3) is 5.91 Å². The summed E-state index contributed by atoms with van der Waals surface area (Å²) in [5.74, 6) is -1.78. The number of rotatable bonds is 7. The summed E-state index contributed by atoms with van der Waals surface area (Å²) in [7, 11) is 0. The Morgan fingerprint density at radius 1 is 1.00 bits per heavy atom. The highest BCUT2D eigenvalue weighted by Gasteiger charge is 2.26. The number of para-hydroxylation sites is 3. The highest BCUT2D eigenvalue weighted by atomic mass is 16.5. The van der Waals surface area contributed by atoms with Gasteiger partial charge in [-0.15, -0.1) is 0 Å². The summed E-state index contributed by atoms with van der Waals surface area (Å²) in [4.78, 5) is 53.5. The lowest BCUT2D eigenvalue weighted by molar-refractivity contribution is -0.155. The number of aryl methyl sites for hydroxylation is 2. The van der Waals surface area contributed by atoms with Gasteiger partial charge in [-0.2, -0.15) is 0 Å². The number of carbonyl (C=O) groups is 3. The Labute approximate surface area is 208 Å². The lowest BCUT2D eigenvalue weighted by Crippen LogP contribution is -2.51. The first-order chi connectivity index (χ1) is 17.2. The number of hydrogen-bond acceptors (Lipinski definition) is 7. The molecule has 1 aliphatic heterocycles. The van der Waals surface area contributed by atoms with Crippen molar-refractivity contribution in [2.75, 3.05) is 44.6 Å². The van der Waals surface area contributed by atoms with E-state index >= 15 is 0 Å². The summed E-state index contributed by atoms with van der Waals surface area (Å²) in [5.41, 5.74) is 3.70. The Bertz CT molecular complexity index is 1320. The number of piperazine rings is 1. The van der Waals surface area contributed by atoms with Crippen LogP contribution >= 0.6 is 0 Å². The van der Waals surface area contributed by atoms with E-state index in [4.69, 9.17) is 9.15 Å². The van der Waals surface area contributed by atoms with E-state index in [0.717, 1.165) is 16.8 Å². The molecule has 2 heterocycles. The first-order valence-corrected chi connectivity index (χ1v) is 11.9. The molecule has 2 aromatic carbocycles. The molecule has 0 saturated carbocycles. The molecule has 1 N–H and O–H groups in total. The van der Waals surface area contributed by atoms with Gasteiger partial charge in [0.1, 0.15) is 6.04 Å². The Hall–Kier alpha value is -3.92. The summed E-state index contributed by atoms with van der Waals surface area (Å²) >= 11 is 0. The molecule has 1 fully saturated rings. The van der Waals surface area contributed by atoms with Crippen LogP contribution in [0.2, 0.25) is 0 Å². The van der Waals surface area contributed by atoms with Gasteiger partial charge in [-0.1, -0.05) is 30.3 Å². The fourth-order valence-electron chi connectivity index (χ4n) is 4.35. The van der Waals surface area contributed by atoms with Gasteiger partial charge in [-0.25, -0.2) is 9.59 Å². The fourth-order valence-corrected chi connectivity index (χ4v) is 4.35. The number of fused-ring (bicyclic) bond motifs is 1. The van der Waals surface area contributed by atoms with Crippen LogP contribution in [0.4, 0.5) is 5.69 Å². The molecule has 4 rings (SSSR count). The van der Waals surface area contributed by atoms with Crippen molar-refractivity contribution in [3.8, 4) is 0 Å². The minimum Gasteiger partial charge on any atom is -0.454 e. The minimum atomic E-state index is -0.943. The van der Waals surface area contributed by atoms with Crippen LogP contribution in [-0.2, 0) is 19.1 Å². The van der Waals surface area contributed by atoms with Crippen LogP contribution in [-0.4, -0.2) is 71.5 Å². The van der Waals surface area contributed by atoms with Crippen LogP contribution in [0, 0.1) is 13.8 Å². The minimum absolute atomic E-state index is 0.0999. The number of oxazole rings is 1. The first kappa shape index (κ1) is 25.2. The van der Waals surface area contributed by atoms with Crippen molar-refractivity contribution < 1.29 is 23.5 Å². The van der Waals surface area contributed by atoms with Crippen molar-refractivity contribution in [3.05, 3.63) is 64.1 Å². The van der Waals surface area contributed by atoms with Crippen LogP contribution in [0.25, 0.3) is 11.1 Å². The number of nitrogens with one attached hydrogen (secondary N) is 1. The molecule has 2 amide bonds.